The van der Waals surface area contributed by atoms with E-state index in [4.69, 9.17) is 10.4 Å². The number of hydrogen-bond acceptors (Lipinski definition) is 3. The summed E-state index contributed by atoms with van der Waals surface area (Å²) in [7, 11) is 1.00. The molecule has 1 aromatic carbocycles. The molecule has 4 nitrogen and oxygen atoms in total. The monoisotopic (exact) mass is 290 g/mol. The van der Waals surface area contributed by atoms with E-state index in [1.54, 1.807) is 4.57 Å². The smallest absolute Gasteiger partial charge is 0.119 e. The minimum Gasteiger partial charge on any atom is -0.400 e. The zero-order valence-electron chi connectivity index (χ0n) is 13.5. The first-order valence-electron chi connectivity index (χ1n) is 7.04. The van der Waals surface area contributed by atoms with Crippen molar-refractivity contribution in [2.75, 3.05) is 7.11 Å². The second kappa shape index (κ2) is 9.98. The molecule has 2 aromatic rings. The molecular weight excluding hydrogens is 264 g/mol. The molecule has 1 aromatic heterocycles. The third-order valence-corrected chi connectivity index (χ3v) is 2.63. The lowest BCUT2D eigenvalue weighted by molar-refractivity contribution is 0.215. The molecule has 0 aliphatic rings. The number of benzene rings is 1. The van der Waals surface area contributed by atoms with Crippen molar-refractivity contribution >= 4 is 10.9 Å². The van der Waals surface area contributed by atoms with Crippen LogP contribution in [0.15, 0.2) is 30.5 Å². The average molecular weight is 290 g/mol. The van der Waals surface area contributed by atoms with Gasteiger partial charge in [-0.15, -0.1) is 0 Å². The van der Waals surface area contributed by atoms with Crippen LogP contribution < -0.4 is 0 Å². The van der Waals surface area contributed by atoms with E-state index in [9.17, 15) is 5.11 Å². The van der Waals surface area contributed by atoms with Crippen LogP contribution in [0.2, 0.25) is 0 Å². The van der Waals surface area contributed by atoms with Gasteiger partial charge in [-0.25, -0.2) is 0 Å². The molecule has 0 fully saturated rings. The fraction of sp³-hybridized carbons (Fsp3) is 0.471. The van der Waals surface area contributed by atoms with Crippen molar-refractivity contribution in [3.63, 3.8) is 0 Å². The van der Waals surface area contributed by atoms with Gasteiger partial charge in [0.25, 0.3) is 0 Å². The van der Waals surface area contributed by atoms with Crippen LogP contribution in [0.5, 0.6) is 0 Å². The summed E-state index contributed by atoms with van der Waals surface area (Å²) in [6.07, 6.45) is 1.85. The molecule has 0 spiro atoms. The summed E-state index contributed by atoms with van der Waals surface area (Å²) >= 11 is 0. The van der Waals surface area contributed by atoms with Crippen LogP contribution >= 0.6 is 0 Å². The maximum absolute atomic E-state index is 9.18. The van der Waals surface area contributed by atoms with E-state index in [-0.39, 0.29) is 12.6 Å². The van der Waals surface area contributed by atoms with Crippen LogP contribution in [0.3, 0.4) is 0 Å². The lowest BCUT2D eigenvalue weighted by atomic mass is 10.0. The summed E-state index contributed by atoms with van der Waals surface area (Å²) in [6, 6.07) is 10.0. The van der Waals surface area contributed by atoms with Gasteiger partial charge in [-0.1, -0.05) is 39.0 Å². The Labute approximate surface area is 127 Å². The summed E-state index contributed by atoms with van der Waals surface area (Å²) in [5, 5.41) is 26.1. The molecule has 116 valence electrons. The van der Waals surface area contributed by atoms with E-state index < -0.39 is 0 Å². The molecule has 1 atom stereocenters. The minimum absolute atomic E-state index is 0.0569. The van der Waals surface area contributed by atoms with Crippen LogP contribution in [-0.2, 0) is 6.73 Å². The van der Waals surface area contributed by atoms with Crippen LogP contribution in [0.25, 0.3) is 10.9 Å². The number of fused-ring (bicyclic) bond motifs is 1. The van der Waals surface area contributed by atoms with Crippen molar-refractivity contribution < 1.29 is 10.2 Å². The van der Waals surface area contributed by atoms with Crippen molar-refractivity contribution in [3.8, 4) is 6.07 Å². The largest absolute Gasteiger partial charge is 0.400 e. The lowest BCUT2D eigenvalue weighted by Crippen LogP contribution is -1.93. The highest BCUT2D eigenvalue weighted by Crippen LogP contribution is 2.26. The van der Waals surface area contributed by atoms with E-state index in [2.05, 4.69) is 26.8 Å². The maximum atomic E-state index is 9.18. The van der Waals surface area contributed by atoms with Gasteiger partial charge in [0.15, 0.2) is 0 Å². The van der Waals surface area contributed by atoms with Crippen molar-refractivity contribution in [2.24, 2.45) is 5.92 Å². The predicted molar refractivity (Wildman–Crippen MR) is 86.8 cm³/mol. The van der Waals surface area contributed by atoms with Crippen LogP contribution in [0.1, 0.15) is 39.2 Å². The molecule has 1 heterocycles. The highest BCUT2D eigenvalue weighted by Gasteiger charge is 2.12. The standard InChI is InChI=1S/C12H12N2O.C4H10.CH4O/c1-9(6-13)11-7-14(8-15)12-5-3-2-4-10(11)12;1-4(2)3;1-2/h2-5,7,9,15H,8H2,1H3;4H,1-3H3;2H,1H3. The molecule has 4 heteroatoms. The Morgan fingerprint density at radius 2 is 1.67 bits per heavy atom. The molecule has 2 N–H and O–H groups in total. The summed E-state index contributed by atoms with van der Waals surface area (Å²) in [6.45, 7) is 8.31. The molecule has 21 heavy (non-hydrogen) atoms. The number of nitrogens with zero attached hydrogens (tertiary/aromatic N) is 2. The fourth-order valence-corrected chi connectivity index (χ4v) is 1.81. The molecule has 0 aliphatic heterocycles. The van der Waals surface area contributed by atoms with E-state index >= 15 is 0 Å². The summed E-state index contributed by atoms with van der Waals surface area (Å²) in [4.78, 5) is 0. The van der Waals surface area contributed by atoms with Crippen molar-refractivity contribution in [1.82, 2.24) is 4.57 Å². The van der Waals surface area contributed by atoms with Crippen LogP contribution in [-0.4, -0.2) is 21.9 Å². The van der Waals surface area contributed by atoms with Gasteiger partial charge in [0, 0.05) is 18.7 Å². The Bertz CT molecular complexity index is 565. The van der Waals surface area contributed by atoms with Gasteiger partial charge in [0.1, 0.15) is 6.73 Å². The number of rotatable bonds is 2. The molecule has 0 saturated heterocycles. The van der Waals surface area contributed by atoms with Gasteiger partial charge < -0.3 is 14.8 Å². The van der Waals surface area contributed by atoms with E-state index in [0.717, 1.165) is 29.5 Å². The quantitative estimate of drug-likeness (QED) is 0.889. The third kappa shape index (κ3) is 5.58. The summed E-state index contributed by atoms with van der Waals surface area (Å²) < 4.78 is 1.75. The first-order chi connectivity index (χ1) is 10.0. The molecule has 0 amide bonds. The first kappa shape index (κ1) is 19.2. The maximum Gasteiger partial charge on any atom is 0.119 e. The van der Waals surface area contributed by atoms with Crippen molar-refractivity contribution in [1.29, 1.82) is 5.26 Å². The zero-order valence-corrected chi connectivity index (χ0v) is 13.5. The van der Waals surface area contributed by atoms with Gasteiger partial charge in [0.05, 0.1) is 17.5 Å². The molecule has 1 unspecified atom stereocenters. The molecule has 0 saturated carbocycles. The van der Waals surface area contributed by atoms with Crippen molar-refractivity contribution in [3.05, 3.63) is 36.0 Å². The molecule has 0 radical (unpaired) electrons. The van der Waals surface area contributed by atoms with Crippen LogP contribution in [0, 0.1) is 17.2 Å². The fourth-order valence-electron chi connectivity index (χ4n) is 1.81. The van der Waals surface area contributed by atoms with E-state index in [1.165, 1.54) is 0 Å². The van der Waals surface area contributed by atoms with E-state index in [0.29, 0.717) is 0 Å². The van der Waals surface area contributed by atoms with Gasteiger partial charge in [0.2, 0.25) is 0 Å². The Hall–Kier alpha value is -1.83. The lowest BCUT2D eigenvalue weighted by Gasteiger charge is -1.98. The SMILES string of the molecule is CC(C#N)c1cn(CO)c2ccccc12.CC(C)C.CO. The predicted octanol–water partition coefficient (Wildman–Crippen LogP) is 3.49. The highest BCUT2D eigenvalue weighted by atomic mass is 16.3. The highest BCUT2D eigenvalue weighted by molar-refractivity contribution is 5.84. The molecule has 0 bridgehead atoms. The normalized spacial score (nSPS) is 11.0. The Balaban J connectivity index is 0.000000579. The second-order valence-corrected chi connectivity index (χ2v) is 5.30. The van der Waals surface area contributed by atoms with Gasteiger partial charge in [-0.2, -0.15) is 5.26 Å². The molecule has 2 rings (SSSR count). The van der Waals surface area contributed by atoms with Crippen molar-refractivity contribution in [2.45, 2.75) is 40.3 Å². The summed E-state index contributed by atoms with van der Waals surface area (Å²) in [5.41, 5.74) is 1.94. The van der Waals surface area contributed by atoms with Gasteiger partial charge in [-0.3, -0.25) is 0 Å². The molecule has 0 aliphatic carbocycles. The zero-order chi connectivity index (χ0) is 16.4. The topological polar surface area (TPSA) is 69.2 Å². The third-order valence-electron chi connectivity index (χ3n) is 2.63. The number of aliphatic hydroxyl groups excluding tert-OH is 2. The van der Waals surface area contributed by atoms with Crippen LogP contribution in [0.4, 0.5) is 0 Å². The second-order valence-electron chi connectivity index (χ2n) is 5.30. The number of nitriles is 1. The Morgan fingerprint density at radius 1 is 1.14 bits per heavy atom. The Morgan fingerprint density at radius 3 is 2.14 bits per heavy atom. The Kier molecular flexibility index (Phi) is 9.11. The minimum atomic E-state index is -0.150. The summed E-state index contributed by atoms with van der Waals surface area (Å²) in [5.74, 6) is 0.683. The van der Waals surface area contributed by atoms with Gasteiger partial charge >= 0.3 is 0 Å². The number of hydrogen-bond donors (Lipinski definition) is 2. The average Bonchev–Trinajstić information content (AvgIpc) is 2.87. The first-order valence-corrected chi connectivity index (χ1v) is 7.04. The van der Waals surface area contributed by atoms with Gasteiger partial charge in [-0.05, 0) is 24.5 Å². The number of aliphatic hydroxyl groups is 2. The van der Waals surface area contributed by atoms with E-state index in [1.807, 2.05) is 37.4 Å². The number of aromatic nitrogens is 1. The number of para-hydroxylation sites is 1. The molecular formula is C17H26N2O2.